The minimum atomic E-state index is -0.401. The van der Waals surface area contributed by atoms with Gasteiger partial charge in [-0.15, -0.1) is 0 Å². The van der Waals surface area contributed by atoms with Gasteiger partial charge in [-0.2, -0.15) is 5.10 Å². The third kappa shape index (κ3) is 3.53. The van der Waals surface area contributed by atoms with Crippen LogP contribution in [-0.2, 0) is 11.3 Å². The third-order valence-corrected chi connectivity index (χ3v) is 4.60. The van der Waals surface area contributed by atoms with E-state index in [4.69, 9.17) is 4.42 Å². The van der Waals surface area contributed by atoms with Crippen molar-refractivity contribution < 1.29 is 14.0 Å². The number of rotatable bonds is 4. The van der Waals surface area contributed by atoms with E-state index in [0.717, 1.165) is 16.5 Å². The number of hydrogen-bond acceptors (Lipinski definition) is 5. The molecule has 2 aromatic heterocycles. The van der Waals surface area contributed by atoms with Gasteiger partial charge >= 0.3 is 5.63 Å². The van der Waals surface area contributed by atoms with Crippen LogP contribution in [0.2, 0.25) is 0 Å². The van der Waals surface area contributed by atoms with E-state index in [-0.39, 0.29) is 18.2 Å². The maximum Gasteiger partial charge on any atom is 0.336 e. The highest BCUT2D eigenvalue weighted by Gasteiger charge is 2.17. The summed E-state index contributed by atoms with van der Waals surface area (Å²) in [5, 5.41) is 7.93. The highest BCUT2D eigenvalue weighted by molar-refractivity contribution is 5.97. The standard InChI is InChI=1S/C20H21N3O4/c1-10-7-19(26)27-17-6-11(2)16(8-15(10)17)21-18(25)9-23-13(4)20(14(5)24)12(3)22-23/h6-8H,9H2,1-5H3,(H,21,25). The van der Waals surface area contributed by atoms with Crippen LogP contribution in [0.4, 0.5) is 5.69 Å². The normalized spacial score (nSPS) is 11.0. The summed E-state index contributed by atoms with van der Waals surface area (Å²) in [6, 6.07) is 4.95. The Bertz CT molecular complexity index is 1140. The first-order chi connectivity index (χ1) is 12.7. The summed E-state index contributed by atoms with van der Waals surface area (Å²) in [5.74, 6) is -0.327. The number of amides is 1. The Balaban J connectivity index is 1.88. The van der Waals surface area contributed by atoms with Crippen molar-refractivity contribution in [3.63, 3.8) is 0 Å². The van der Waals surface area contributed by atoms with Gasteiger partial charge in [0, 0.05) is 22.8 Å². The van der Waals surface area contributed by atoms with Gasteiger partial charge in [-0.25, -0.2) is 4.79 Å². The number of fused-ring (bicyclic) bond motifs is 1. The van der Waals surface area contributed by atoms with Crippen molar-refractivity contribution in [2.45, 2.75) is 41.2 Å². The summed E-state index contributed by atoms with van der Waals surface area (Å²) in [4.78, 5) is 35.8. The van der Waals surface area contributed by atoms with E-state index in [0.29, 0.717) is 28.2 Å². The third-order valence-electron chi connectivity index (χ3n) is 4.60. The number of ketones is 1. The smallest absolute Gasteiger partial charge is 0.336 e. The highest BCUT2D eigenvalue weighted by Crippen LogP contribution is 2.25. The predicted molar refractivity (Wildman–Crippen MR) is 102 cm³/mol. The second kappa shape index (κ2) is 6.83. The lowest BCUT2D eigenvalue weighted by Crippen LogP contribution is -2.21. The lowest BCUT2D eigenvalue weighted by molar-refractivity contribution is -0.116. The van der Waals surface area contributed by atoms with Crippen molar-refractivity contribution in [1.29, 1.82) is 0 Å². The van der Waals surface area contributed by atoms with Gasteiger partial charge in [-0.1, -0.05) is 0 Å². The second-order valence-electron chi connectivity index (χ2n) is 6.72. The fraction of sp³-hybridized carbons (Fsp3) is 0.300. The molecule has 0 aliphatic heterocycles. The molecule has 140 valence electrons. The van der Waals surface area contributed by atoms with Crippen molar-refractivity contribution >= 4 is 28.3 Å². The van der Waals surface area contributed by atoms with Crippen molar-refractivity contribution in [3.05, 3.63) is 56.7 Å². The number of hydrogen-bond donors (Lipinski definition) is 1. The van der Waals surface area contributed by atoms with Gasteiger partial charge in [0.1, 0.15) is 12.1 Å². The van der Waals surface area contributed by atoms with Crippen LogP contribution in [0.5, 0.6) is 0 Å². The van der Waals surface area contributed by atoms with Crippen molar-refractivity contribution in [2.24, 2.45) is 0 Å². The average Bonchev–Trinajstić information content (AvgIpc) is 2.82. The lowest BCUT2D eigenvalue weighted by atomic mass is 10.1. The molecule has 2 heterocycles. The van der Waals surface area contributed by atoms with Crippen LogP contribution in [0.1, 0.15) is 39.8 Å². The van der Waals surface area contributed by atoms with Crippen LogP contribution < -0.4 is 10.9 Å². The summed E-state index contributed by atoms with van der Waals surface area (Å²) >= 11 is 0. The van der Waals surface area contributed by atoms with Crippen LogP contribution >= 0.6 is 0 Å². The Kier molecular flexibility index (Phi) is 4.70. The number of aryl methyl sites for hydroxylation is 3. The highest BCUT2D eigenvalue weighted by atomic mass is 16.4. The zero-order chi connectivity index (χ0) is 19.9. The molecule has 0 aliphatic carbocycles. The lowest BCUT2D eigenvalue weighted by Gasteiger charge is -2.11. The van der Waals surface area contributed by atoms with E-state index in [1.807, 2.05) is 13.8 Å². The first-order valence-corrected chi connectivity index (χ1v) is 8.57. The number of Topliss-reactive ketones (excluding diaryl/α,β-unsaturated/α-hetero) is 1. The summed E-state index contributed by atoms with van der Waals surface area (Å²) in [5.41, 5.74) is 4.11. The molecular formula is C20H21N3O4. The molecule has 7 heteroatoms. The summed E-state index contributed by atoms with van der Waals surface area (Å²) in [6.45, 7) is 8.66. The predicted octanol–water partition coefficient (Wildman–Crippen LogP) is 3.06. The summed E-state index contributed by atoms with van der Waals surface area (Å²) in [6.07, 6.45) is 0. The van der Waals surface area contributed by atoms with E-state index in [9.17, 15) is 14.4 Å². The fourth-order valence-corrected chi connectivity index (χ4v) is 3.29. The molecule has 3 aromatic rings. The number of anilines is 1. The maximum atomic E-state index is 12.5. The number of nitrogens with zero attached hydrogens (tertiary/aromatic N) is 2. The number of carbonyl (C=O) groups is 2. The van der Waals surface area contributed by atoms with Crippen LogP contribution in [0.25, 0.3) is 11.0 Å². The molecule has 0 aliphatic rings. The van der Waals surface area contributed by atoms with E-state index < -0.39 is 5.63 Å². The van der Waals surface area contributed by atoms with Crippen LogP contribution in [0.15, 0.2) is 27.4 Å². The Morgan fingerprint density at radius 1 is 1.11 bits per heavy atom. The van der Waals surface area contributed by atoms with E-state index in [1.165, 1.54) is 17.7 Å². The number of nitrogens with one attached hydrogen (secondary N) is 1. The molecule has 0 bridgehead atoms. The van der Waals surface area contributed by atoms with Gasteiger partial charge in [0.2, 0.25) is 5.91 Å². The van der Waals surface area contributed by atoms with Crippen molar-refractivity contribution in [2.75, 3.05) is 5.32 Å². The monoisotopic (exact) mass is 367 g/mol. The van der Waals surface area contributed by atoms with Crippen molar-refractivity contribution in [1.82, 2.24) is 9.78 Å². The van der Waals surface area contributed by atoms with Gasteiger partial charge in [-0.3, -0.25) is 14.3 Å². The van der Waals surface area contributed by atoms with E-state index in [2.05, 4.69) is 10.4 Å². The van der Waals surface area contributed by atoms with Gasteiger partial charge < -0.3 is 9.73 Å². The Morgan fingerprint density at radius 2 is 1.81 bits per heavy atom. The SMILES string of the molecule is CC(=O)c1c(C)nn(CC(=O)Nc2cc3c(C)cc(=O)oc3cc2C)c1C. The molecule has 0 radical (unpaired) electrons. The van der Waals surface area contributed by atoms with Crippen LogP contribution in [0.3, 0.4) is 0 Å². The molecule has 27 heavy (non-hydrogen) atoms. The maximum absolute atomic E-state index is 12.5. The zero-order valence-electron chi connectivity index (χ0n) is 16.0. The second-order valence-corrected chi connectivity index (χ2v) is 6.72. The van der Waals surface area contributed by atoms with Gasteiger partial charge in [0.05, 0.1) is 11.3 Å². The Hall–Kier alpha value is -3.22. The molecule has 1 amide bonds. The molecule has 0 fully saturated rings. The molecule has 1 N–H and O–H groups in total. The van der Waals surface area contributed by atoms with Crippen LogP contribution in [0, 0.1) is 27.7 Å². The van der Waals surface area contributed by atoms with Gasteiger partial charge in [0.15, 0.2) is 5.78 Å². The first-order valence-electron chi connectivity index (χ1n) is 8.57. The minimum Gasteiger partial charge on any atom is -0.423 e. The average molecular weight is 367 g/mol. The summed E-state index contributed by atoms with van der Waals surface area (Å²) < 4.78 is 6.75. The molecule has 0 unspecified atom stereocenters. The Morgan fingerprint density at radius 3 is 2.44 bits per heavy atom. The minimum absolute atomic E-state index is 0.000283. The van der Waals surface area contributed by atoms with E-state index >= 15 is 0 Å². The van der Waals surface area contributed by atoms with Crippen LogP contribution in [-0.4, -0.2) is 21.5 Å². The number of benzene rings is 1. The van der Waals surface area contributed by atoms with Gasteiger partial charge in [-0.05, 0) is 57.9 Å². The topological polar surface area (TPSA) is 94.2 Å². The number of carbonyl (C=O) groups excluding carboxylic acids is 2. The fourth-order valence-electron chi connectivity index (χ4n) is 3.29. The van der Waals surface area contributed by atoms with E-state index in [1.54, 1.807) is 26.0 Å². The quantitative estimate of drug-likeness (QED) is 0.565. The van der Waals surface area contributed by atoms with Gasteiger partial charge in [0.25, 0.3) is 0 Å². The summed E-state index contributed by atoms with van der Waals surface area (Å²) in [7, 11) is 0. The Labute approximate surface area is 156 Å². The number of aromatic nitrogens is 2. The first kappa shape index (κ1) is 18.6. The molecular weight excluding hydrogens is 346 g/mol. The molecule has 0 saturated heterocycles. The molecule has 0 spiro atoms. The largest absolute Gasteiger partial charge is 0.423 e. The molecule has 3 rings (SSSR count). The molecule has 1 aromatic carbocycles. The zero-order valence-corrected chi connectivity index (χ0v) is 16.0. The molecule has 7 nitrogen and oxygen atoms in total. The van der Waals surface area contributed by atoms with Crippen molar-refractivity contribution in [3.8, 4) is 0 Å². The molecule has 0 saturated carbocycles. The molecule has 0 atom stereocenters.